The lowest BCUT2D eigenvalue weighted by molar-refractivity contribution is 1.47. The van der Waals surface area contributed by atoms with E-state index in [-0.39, 0.29) is 0 Å². The molecule has 0 amide bonds. The average Bonchev–Trinajstić information content (AvgIpc) is 2.96. The molecule has 4 heteroatoms. The highest BCUT2D eigenvalue weighted by atomic mass is 32.1. The van der Waals surface area contributed by atoms with Gasteiger partial charge in [-0.3, -0.25) is 0 Å². The van der Waals surface area contributed by atoms with Crippen LogP contribution in [-0.4, -0.2) is 4.98 Å². The third kappa shape index (κ3) is 1.45. The molecule has 0 radical (unpaired) electrons. The maximum absolute atomic E-state index is 6.33. The molecular weight excluding hydrogens is 266 g/mol. The molecule has 3 nitrogen and oxygen atoms in total. The number of hydrogen-bond acceptors (Lipinski definition) is 3. The number of nitrogens with one attached hydrogen (secondary N) is 1. The van der Waals surface area contributed by atoms with E-state index in [0.29, 0.717) is 5.82 Å². The number of para-hydroxylation sites is 1. The van der Waals surface area contributed by atoms with E-state index >= 15 is 0 Å². The molecule has 0 saturated heterocycles. The van der Waals surface area contributed by atoms with Gasteiger partial charge in [0, 0.05) is 26.6 Å². The van der Waals surface area contributed by atoms with Gasteiger partial charge in [-0.05, 0) is 12.1 Å². The second-order valence-electron chi connectivity index (χ2n) is 4.80. The summed E-state index contributed by atoms with van der Waals surface area (Å²) >= 11 is 1.69. The molecule has 0 aliphatic rings. The number of fused-ring (bicyclic) bond motifs is 2. The Labute approximate surface area is 119 Å². The van der Waals surface area contributed by atoms with E-state index < -0.39 is 0 Å². The van der Waals surface area contributed by atoms with Crippen LogP contribution >= 0.6 is 11.3 Å². The lowest BCUT2D eigenvalue weighted by atomic mass is 10.1. The minimum Gasteiger partial charge on any atom is -0.397 e. The molecule has 98 valence electrons. The van der Waals surface area contributed by atoms with Gasteiger partial charge in [0.2, 0.25) is 0 Å². The van der Waals surface area contributed by atoms with Gasteiger partial charge in [-0.25, -0.2) is 0 Å². The highest BCUT2D eigenvalue weighted by Gasteiger charge is 2.17. The summed E-state index contributed by atoms with van der Waals surface area (Å²) in [6.07, 6.45) is 0. The Balaban J connectivity index is 2.11. The van der Waals surface area contributed by atoms with Crippen LogP contribution in [0, 0.1) is 0 Å². The third-order valence-corrected chi connectivity index (χ3v) is 4.80. The number of nitrogens with two attached hydrogens (primary N) is 2. The van der Waals surface area contributed by atoms with Gasteiger partial charge >= 0.3 is 0 Å². The van der Waals surface area contributed by atoms with Gasteiger partial charge in [0.15, 0.2) is 0 Å². The Bertz CT molecular complexity index is 933. The fraction of sp³-hybridized carbons (Fsp3) is 0. The highest BCUT2D eigenvalue weighted by Crippen LogP contribution is 2.45. The van der Waals surface area contributed by atoms with E-state index in [2.05, 4.69) is 23.2 Å². The first-order valence-corrected chi connectivity index (χ1v) is 7.21. The van der Waals surface area contributed by atoms with Crippen molar-refractivity contribution in [2.45, 2.75) is 0 Å². The molecule has 0 aliphatic carbocycles. The van der Waals surface area contributed by atoms with E-state index in [9.17, 15) is 0 Å². The van der Waals surface area contributed by atoms with E-state index in [1.165, 1.54) is 4.70 Å². The Hall–Kier alpha value is -2.46. The van der Waals surface area contributed by atoms with Crippen LogP contribution in [0.4, 0.5) is 11.5 Å². The first kappa shape index (κ1) is 11.4. The minimum atomic E-state index is 0.671. The number of benzene rings is 2. The Morgan fingerprint density at radius 3 is 2.35 bits per heavy atom. The van der Waals surface area contributed by atoms with Gasteiger partial charge < -0.3 is 16.5 Å². The quantitative estimate of drug-likeness (QED) is 0.488. The summed E-state index contributed by atoms with van der Waals surface area (Å²) in [5, 5.41) is 2.21. The summed E-state index contributed by atoms with van der Waals surface area (Å²) in [4.78, 5) is 4.27. The normalized spacial score (nSPS) is 11.4. The van der Waals surface area contributed by atoms with Gasteiger partial charge in [0.05, 0.1) is 10.6 Å². The molecular formula is C16H13N3S. The molecule has 2 aromatic heterocycles. The van der Waals surface area contributed by atoms with Crippen molar-refractivity contribution in [2.75, 3.05) is 11.5 Å². The highest BCUT2D eigenvalue weighted by molar-refractivity contribution is 7.23. The number of aromatic amines is 1. The molecule has 5 N–H and O–H groups in total. The summed E-state index contributed by atoms with van der Waals surface area (Å²) < 4.78 is 1.18. The zero-order valence-corrected chi connectivity index (χ0v) is 11.5. The molecule has 4 rings (SSSR count). The zero-order valence-electron chi connectivity index (χ0n) is 10.7. The first-order chi connectivity index (χ1) is 9.75. The van der Waals surface area contributed by atoms with Crippen molar-refractivity contribution >= 4 is 43.8 Å². The van der Waals surface area contributed by atoms with Crippen molar-refractivity contribution in [1.82, 2.24) is 4.98 Å². The summed E-state index contributed by atoms with van der Waals surface area (Å²) in [5.74, 6) is 0.671. The van der Waals surface area contributed by atoms with Gasteiger partial charge in [0.1, 0.15) is 5.82 Å². The molecule has 0 spiro atoms. The Kier molecular flexibility index (Phi) is 2.28. The summed E-state index contributed by atoms with van der Waals surface area (Å²) in [7, 11) is 0. The summed E-state index contributed by atoms with van der Waals surface area (Å²) in [6, 6.07) is 16.3. The van der Waals surface area contributed by atoms with Crippen LogP contribution in [0.3, 0.4) is 0 Å². The Morgan fingerprint density at radius 2 is 1.55 bits per heavy atom. The SMILES string of the molecule is Nc1[nH]c2ccccc2c1-c1sc2ccccc2c1N. The molecule has 20 heavy (non-hydrogen) atoms. The first-order valence-electron chi connectivity index (χ1n) is 6.39. The number of aromatic nitrogens is 1. The van der Waals surface area contributed by atoms with Crippen LogP contribution in [0.2, 0.25) is 0 Å². The van der Waals surface area contributed by atoms with Gasteiger partial charge in [0.25, 0.3) is 0 Å². The van der Waals surface area contributed by atoms with Crippen LogP contribution in [0.1, 0.15) is 0 Å². The number of anilines is 2. The maximum Gasteiger partial charge on any atom is 0.110 e. The molecule has 2 heterocycles. The fourth-order valence-electron chi connectivity index (χ4n) is 2.66. The number of nitrogen functional groups attached to an aromatic ring is 2. The van der Waals surface area contributed by atoms with Crippen molar-refractivity contribution in [1.29, 1.82) is 0 Å². The van der Waals surface area contributed by atoms with E-state index in [1.54, 1.807) is 11.3 Å². The van der Waals surface area contributed by atoms with Gasteiger partial charge in [-0.15, -0.1) is 11.3 Å². The lowest BCUT2D eigenvalue weighted by Crippen LogP contribution is -1.89. The van der Waals surface area contributed by atoms with Crippen LogP contribution < -0.4 is 11.5 Å². The predicted molar refractivity (Wildman–Crippen MR) is 87.9 cm³/mol. The molecule has 0 atom stereocenters. The van der Waals surface area contributed by atoms with Crippen molar-refractivity contribution in [3.8, 4) is 10.4 Å². The smallest absolute Gasteiger partial charge is 0.110 e. The molecule has 0 aliphatic heterocycles. The van der Waals surface area contributed by atoms with Crippen molar-refractivity contribution < 1.29 is 0 Å². The zero-order chi connectivity index (χ0) is 13.7. The second kappa shape index (κ2) is 4.02. The summed E-state index contributed by atoms with van der Waals surface area (Å²) in [5.41, 5.74) is 15.4. The van der Waals surface area contributed by atoms with E-state index in [0.717, 1.165) is 32.4 Å². The number of thiophene rings is 1. The maximum atomic E-state index is 6.33. The molecule has 0 saturated carbocycles. The number of rotatable bonds is 1. The topological polar surface area (TPSA) is 67.8 Å². The van der Waals surface area contributed by atoms with E-state index in [1.807, 2.05) is 30.3 Å². The number of H-pyrrole nitrogens is 1. The predicted octanol–water partition coefficient (Wildman–Crippen LogP) is 4.21. The molecule has 2 aromatic carbocycles. The van der Waals surface area contributed by atoms with Crippen molar-refractivity contribution in [2.24, 2.45) is 0 Å². The standard InChI is InChI=1S/C16H13N3S/c17-14-10-6-2-4-8-12(10)20-15(14)13-9-5-1-3-7-11(9)19-16(13)18/h1-8,19H,17-18H2. The van der Waals surface area contributed by atoms with Crippen LogP contribution in [0.25, 0.3) is 31.4 Å². The van der Waals surface area contributed by atoms with Crippen molar-refractivity contribution in [3.05, 3.63) is 48.5 Å². The van der Waals surface area contributed by atoms with Gasteiger partial charge in [-0.1, -0.05) is 36.4 Å². The monoisotopic (exact) mass is 279 g/mol. The van der Waals surface area contributed by atoms with Gasteiger partial charge in [-0.2, -0.15) is 0 Å². The average molecular weight is 279 g/mol. The minimum absolute atomic E-state index is 0.671. The van der Waals surface area contributed by atoms with E-state index in [4.69, 9.17) is 11.5 Å². The molecule has 0 fully saturated rings. The van der Waals surface area contributed by atoms with Crippen LogP contribution in [0.15, 0.2) is 48.5 Å². The van der Waals surface area contributed by atoms with Crippen LogP contribution in [-0.2, 0) is 0 Å². The largest absolute Gasteiger partial charge is 0.397 e. The van der Waals surface area contributed by atoms with Crippen LogP contribution in [0.5, 0.6) is 0 Å². The molecule has 0 bridgehead atoms. The molecule has 4 aromatic rings. The summed E-state index contributed by atoms with van der Waals surface area (Å²) in [6.45, 7) is 0. The second-order valence-corrected chi connectivity index (χ2v) is 5.85. The lowest BCUT2D eigenvalue weighted by Gasteiger charge is -2.00. The third-order valence-electron chi connectivity index (χ3n) is 3.60. The number of hydrogen-bond donors (Lipinski definition) is 3. The van der Waals surface area contributed by atoms with Crippen molar-refractivity contribution in [3.63, 3.8) is 0 Å². The Morgan fingerprint density at radius 1 is 0.850 bits per heavy atom. The molecule has 0 unspecified atom stereocenters. The fourth-order valence-corrected chi connectivity index (χ4v) is 3.85.